The number of halogens is 1. The van der Waals surface area contributed by atoms with E-state index in [1.165, 1.54) is 0 Å². The van der Waals surface area contributed by atoms with Gasteiger partial charge in [-0.05, 0) is 42.6 Å². The van der Waals surface area contributed by atoms with Crippen molar-refractivity contribution in [1.29, 1.82) is 0 Å². The molecule has 6 heteroatoms. The van der Waals surface area contributed by atoms with Crippen molar-refractivity contribution >= 4 is 35.2 Å². The summed E-state index contributed by atoms with van der Waals surface area (Å²) < 4.78 is 7.16. The predicted octanol–water partition coefficient (Wildman–Crippen LogP) is 3.79. The van der Waals surface area contributed by atoms with Crippen molar-refractivity contribution in [2.45, 2.75) is 11.8 Å². The van der Waals surface area contributed by atoms with E-state index in [2.05, 4.69) is 21.8 Å². The lowest BCUT2D eigenvalue weighted by molar-refractivity contribution is -0.142. The van der Waals surface area contributed by atoms with Gasteiger partial charge < -0.3 is 9.04 Å². The minimum Gasteiger partial charge on any atom is -0.465 e. The van der Waals surface area contributed by atoms with Gasteiger partial charge in [-0.25, -0.2) is 0 Å². The van der Waals surface area contributed by atoms with Gasteiger partial charge in [-0.2, -0.15) is 0 Å². The summed E-state index contributed by atoms with van der Waals surface area (Å²) in [5.74, 6) is -0.272. The van der Waals surface area contributed by atoms with Crippen LogP contribution in [0.3, 0.4) is 0 Å². The average Bonchev–Trinajstić information content (AvgIpc) is 2.87. The summed E-state index contributed by atoms with van der Waals surface area (Å²) in [5.41, 5.74) is 3.18. The van der Waals surface area contributed by atoms with Crippen molar-refractivity contribution < 1.29 is 9.53 Å². The molecule has 24 heavy (non-hydrogen) atoms. The molecule has 0 saturated heterocycles. The Morgan fingerprint density at radius 2 is 2.04 bits per heavy atom. The van der Waals surface area contributed by atoms with Crippen molar-refractivity contribution in [2.24, 2.45) is 0 Å². The zero-order valence-electron chi connectivity index (χ0n) is 13.6. The number of esters is 1. The molecule has 1 aliphatic rings. The summed E-state index contributed by atoms with van der Waals surface area (Å²) in [4.78, 5) is 11.3. The maximum atomic E-state index is 11.9. The number of carbonyl (C=O) groups is 1. The van der Waals surface area contributed by atoms with E-state index in [4.69, 9.17) is 16.3 Å². The number of nitrogens with zero attached hydrogens (tertiary/aromatic N) is 1. The summed E-state index contributed by atoms with van der Waals surface area (Å²) >= 11 is 7.87. The predicted molar refractivity (Wildman–Crippen MR) is 99.3 cm³/mol. The van der Waals surface area contributed by atoms with Gasteiger partial charge >= 0.3 is 5.97 Å². The highest BCUT2D eigenvalue weighted by molar-refractivity contribution is 8.02. The van der Waals surface area contributed by atoms with Crippen LogP contribution in [0.2, 0.25) is 5.02 Å². The molecule has 0 aliphatic carbocycles. The quantitative estimate of drug-likeness (QED) is 0.647. The molecule has 0 amide bonds. The van der Waals surface area contributed by atoms with Crippen LogP contribution < -0.4 is 9.62 Å². The van der Waals surface area contributed by atoms with E-state index >= 15 is 0 Å². The Morgan fingerprint density at radius 3 is 2.75 bits per heavy atom. The van der Waals surface area contributed by atoms with Crippen LogP contribution in [0, 0.1) is 0 Å². The van der Waals surface area contributed by atoms with Gasteiger partial charge in [-0.15, -0.1) is 0 Å². The van der Waals surface area contributed by atoms with Crippen molar-refractivity contribution in [2.75, 3.05) is 24.5 Å². The molecule has 1 N–H and O–H groups in total. The third kappa shape index (κ3) is 3.11. The summed E-state index contributed by atoms with van der Waals surface area (Å²) in [7, 11) is 2.01. The lowest BCUT2D eigenvalue weighted by Gasteiger charge is -2.30. The molecule has 2 aromatic carbocycles. The Balaban J connectivity index is 2.05. The number of fused-ring (bicyclic) bond motifs is 1. The highest BCUT2D eigenvalue weighted by Crippen LogP contribution is 2.53. The van der Waals surface area contributed by atoms with Crippen molar-refractivity contribution in [3.63, 3.8) is 0 Å². The average molecular weight is 363 g/mol. The largest absolute Gasteiger partial charge is 0.465 e. The number of nitrogens with one attached hydrogen (secondary N) is 1. The van der Waals surface area contributed by atoms with Crippen LogP contribution in [0.4, 0.5) is 5.69 Å². The van der Waals surface area contributed by atoms with Crippen LogP contribution in [0.15, 0.2) is 48.5 Å². The fourth-order valence-corrected chi connectivity index (χ4v) is 4.37. The molecule has 0 bridgehead atoms. The summed E-state index contributed by atoms with van der Waals surface area (Å²) in [6, 6.07) is 15.9. The molecule has 1 heterocycles. The topological polar surface area (TPSA) is 41.6 Å². The molecule has 2 aromatic rings. The molecule has 0 radical (unpaired) electrons. The summed E-state index contributed by atoms with van der Waals surface area (Å²) in [6.07, 6.45) is 0. The Labute approximate surface area is 151 Å². The normalized spacial score (nSPS) is 19.2. The molecular formula is C18H19ClN2O2S. The fourth-order valence-electron chi connectivity index (χ4n) is 2.89. The number of ether oxygens (including phenoxy) is 1. The van der Waals surface area contributed by atoms with Gasteiger partial charge in [0, 0.05) is 17.6 Å². The monoisotopic (exact) mass is 362 g/mol. The van der Waals surface area contributed by atoms with Gasteiger partial charge in [0.25, 0.3) is 0 Å². The first kappa shape index (κ1) is 17.1. The number of rotatable bonds is 5. The van der Waals surface area contributed by atoms with Crippen LogP contribution >= 0.6 is 23.5 Å². The van der Waals surface area contributed by atoms with E-state index in [1.807, 2.05) is 43.4 Å². The maximum absolute atomic E-state index is 11.9. The van der Waals surface area contributed by atoms with Gasteiger partial charge in [-0.1, -0.05) is 41.9 Å². The zero-order valence-corrected chi connectivity index (χ0v) is 15.2. The third-order valence-electron chi connectivity index (χ3n) is 3.92. The molecule has 4 nitrogen and oxygen atoms in total. The van der Waals surface area contributed by atoms with E-state index in [9.17, 15) is 4.79 Å². The number of carbonyl (C=O) groups excluding carboxylic acids is 1. The van der Waals surface area contributed by atoms with Crippen LogP contribution in [0.5, 0.6) is 0 Å². The molecule has 1 atom stereocenters. The van der Waals surface area contributed by atoms with E-state index in [0.29, 0.717) is 11.6 Å². The standard InChI is InChI=1S/C18H19ClN2O2S/c1-3-23-17(22)12-20-18(13-7-5-4-6-8-13)15-11-14(19)9-10-16(15)21(2)24-18/h4-11,20H,3,12H2,1-2H3. The first-order valence-electron chi connectivity index (χ1n) is 7.76. The Morgan fingerprint density at radius 1 is 1.29 bits per heavy atom. The van der Waals surface area contributed by atoms with E-state index in [-0.39, 0.29) is 12.5 Å². The van der Waals surface area contributed by atoms with E-state index in [0.717, 1.165) is 16.8 Å². The number of benzene rings is 2. The molecule has 1 unspecified atom stereocenters. The molecule has 1 aliphatic heterocycles. The van der Waals surface area contributed by atoms with Crippen molar-refractivity contribution in [3.05, 3.63) is 64.7 Å². The molecule has 0 saturated carbocycles. The van der Waals surface area contributed by atoms with Gasteiger partial charge in [-0.3, -0.25) is 10.1 Å². The number of hydrogen-bond donors (Lipinski definition) is 1. The van der Waals surface area contributed by atoms with Gasteiger partial charge in [0.2, 0.25) is 0 Å². The Bertz CT molecular complexity index is 741. The fraction of sp³-hybridized carbons (Fsp3) is 0.278. The number of hydrogen-bond acceptors (Lipinski definition) is 5. The second kappa shape index (κ2) is 7.05. The minimum absolute atomic E-state index is 0.121. The second-order valence-electron chi connectivity index (χ2n) is 5.46. The minimum atomic E-state index is -0.580. The number of anilines is 1. The van der Waals surface area contributed by atoms with Crippen LogP contribution in [0.1, 0.15) is 18.1 Å². The molecule has 0 spiro atoms. The zero-order chi connectivity index (χ0) is 17.2. The van der Waals surface area contributed by atoms with E-state index in [1.54, 1.807) is 18.9 Å². The Hall–Kier alpha value is -1.69. The van der Waals surface area contributed by atoms with Gasteiger partial charge in [0.15, 0.2) is 0 Å². The highest BCUT2D eigenvalue weighted by Gasteiger charge is 2.44. The summed E-state index contributed by atoms with van der Waals surface area (Å²) in [5, 5.41) is 4.07. The first-order chi connectivity index (χ1) is 11.6. The smallest absolute Gasteiger partial charge is 0.319 e. The van der Waals surface area contributed by atoms with Crippen LogP contribution in [-0.4, -0.2) is 26.2 Å². The molecule has 126 valence electrons. The molecular weight excluding hydrogens is 344 g/mol. The van der Waals surface area contributed by atoms with Gasteiger partial charge in [0.05, 0.1) is 18.8 Å². The maximum Gasteiger partial charge on any atom is 0.319 e. The molecule has 0 aromatic heterocycles. The third-order valence-corrected chi connectivity index (χ3v) is 5.50. The lowest BCUT2D eigenvalue weighted by Crippen LogP contribution is -2.42. The lowest BCUT2D eigenvalue weighted by atomic mass is 9.96. The SMILES string of the molecule is CCOC(=O)CNC1(c2ccccc2)SN(C)c2ccc(Cl)cc21. The van der Waals surface area contributed by atoms with Crippen LogP contribution in [-0.2, 0) is 14.4 Å². The van der Waals surface area contributed by atoms with E-state index < -0.39 is 4.87 Å². The van der Waals surface area contributed by atoms with Gasteiger partial charge in [0.1, 0.15) is 4.87 Å². The highest BCUT2D eigenvalue weighted by atomic mass is 35.5. The summed E-state index contributed by atoms with van der Waals surface area (Å²) in [6.45, 7) is 2.29. The molecule has 3 rings (SSSR count). The first-order valence-corrected chi connectivity index (χ1v) is 8.91. The van der Waals surface area contributed by atoms with Crippen molar-refractivity contribution in [1.82, 2.24) is 5.32 Å². The van der Waals surface area contributed by atoms with Crippen molar-refractivity contribution in [3.8, 4) is 0 Å². The Kier molecular flexibility index (Phi) is 5.04. The molecule has 0 fully saturated rings. The van der Waals surface area contributed by atoms with Crippen LogP contribution in [0.25, 0.3) is 0 Å². The second-order valence-corrected chi connectivity index (χ2v) is 7.24.